The van der Waals surface area contributed by atoms with Gasteiger partial charge in [0.25, 0.3) is 0 Å². The molecule has 0 saturated carbocycles. The number of carboxylic acids is 1. The van der Waals surface area contributed by atoms with Crippen molar-refractivity contribution in [2.24, 2.45) is 0 Å². The number of likely N-dealkylation sites (tertiary alicyclic amines) is 1. The van der Waals surface area contributed by atoms with Gasteiger partial charge in [-0.3, -0.25) is 0 Å². The molecule has 1 fully saturated rings. The number of aromatic carboxylic acids is 1. The second kappa shape index (κ2) is 6.69. The summed E-state index contributed by atoms with van der Waals surface area (Å²) < 4.78 is 0. The van der Waals surface area contributed by atoms with Crippen molar-refractivity contribution in [1.29, 1.82) is 0 Å². The van der Waals surface area contributed by atoms with Crippen LogP contribution < -0.4 is 4.90 Å². The van der Waals surface area contributed by atoms with Crippen molar-refractivity contribution in [3.05, 3.63) is 29.3 Å². The number of hydrogen-bond donors (Lipinski definition) is 1. The van der Waals surface area contributed by atoms with Crippen molar-refractivity contribution < 1.29 is 9.90 Å². The zero-order valence-electron chi connectivity index (χ0n) is 13.4. The molecule has 0 radical (unpaired) electrons. The molecule has 0 atom stereocenters. The third kappa shape index (κ3) is 3.12. The molecule has 1 N–H and O–H groups in total. The lowest BCUT2D eigenvalue weighted by molar-refractivity contribution is 0.0697. The highest BCUT2D eigenvalue weighted by Crippen LogP contribution is 2.33. The van der Waals surface area contributed by atoms with Crippen LogP contribution in [0.3, 0.4) is 0 Å². The average molecular weight is 302 g/mol. The molecule has 0 aromatic heterocycles. The van der Waals surface area contributed by atoms with E-state index in [4.69, 9.17) is 5.11 Å². The van der Waals surface area contributed by atoms with Crippen LogP contribution in [0.15, 0.2) is 18.2 Å². The lowest BCUT2D eigenvalue weighted by Crippen LogP contribution is -2.44. The quantitative estimate of drug-likeness (QED) is 0.908. The second-order valence-corrected chi connectivity index (χ2v) is 6.52. The van der Waals surface area contributed by atoms with Crippen LogP contribution in [0, 0.1) is 0 Å². The van der Waals surface area contributed by atoms with E-state index < -0.39 is 5.97 Å². The molecule has 3 rings (SSSR count). The fourth-order valence-corrected chi connectivity index (χ4v) is 3.78. The van der Waals surface area contributed by atoms with Crippen molar-refractivity contribution in [2.45, 2.75) is 45.1 Å². The molecule has 1 aromatic rings. The zero-order chi connectivity index (χ0) is 15.5. The Labute approximate surface area is 132 Å². The maximum Gasteiger partial charge on any atom is 0.335 e. The first-order valence-electron chi connectivity index (χ1n) is 8.54. The summed E-state index contributed by atoms with van der Waals surface area (Å²) in [5.41, 5.74) is 2.88. The van der Waals surface area contributed by atoms with Gasteiger partial charge in [0.15, 0.2) is 0 Å². The number of carboxylic acid groups (broad SMARTS) is 1. The van der Waals surface area contributed by atoms with Gasteiger partial charge in [-0.2, -0.15) is 0 Å². The molecule has 0 amide bonds. The highest BCUT2D eigenvalue weighted by Gasteiger charge is 2.29. The molecule has 1 saturated heterocycles. The van der Waals surface area contributed by atoms with Crippen LogP contribution in [-0.4, -0.2) is 48.2 Å². The third-order valence-corrected chi connectivity index (χ3v) is 5.08. The average Bonchev–Trinajstić information content (AvgIpc) is 2.96. The molecule has 0 bridgehead atoms. The smallest absolute Gasteiger partial charge is 0.335 e. The minimum absolute atomic E-state index is 0.412. The summed E-state index contributed by atoms with van der Waals surface area (Å²) in [6.45, 7) is 6.92. The van der Waals surface area contributed by atoms with E-state index in [1.54, 1.807) is 6.07 Å². The van der Waals surface area contributed by atoms with Crippen LogP contribution >= 0.6 is 0 Å². The first-order chi connectivity index (χ1) is 10.7. The number of carbonyl (C=O) groups is 1. The summed E-state index contributed by atoms with van der Waals surface area (Å²) in [5.74, 6) is -0.828. The van der Waals surface area contributed by atoms with Crippen molar-refractivity contribution in [1.82, 2.24) is 4.90 Å². The van der Waals surface area contributed by atoms with E-state index in [1.807, 2.05) is 12.1 Å². The SMILES string of the molecule is CCCCN1CCC(N2CCc3cc(C(=O)O)ccc32)CC1. The van der Waals surface area contributed by atoms with Crippen LogP contribution in [0.5, 0.6) is 0 Å². The number of hydrogen-bond acceptors (Lipinski definition) is 3. The van der Waals surface area contributed by atoms with Crippen LogP contribution in [0.2, 0.25) is 0 Å². The Morgan fingerprint density at radius 2 is 2.05 bits per heavy atom. The molecule has 0 spiro atoms. The molecule has 4 heteroatoms. The number of anilines is 1. The Morgan fingerprint density at radius 1 is 1.27 bits per heavy atom. The summed E-state index contributed by atoms with van der Waals surface area (Å²) in [7, 11) is 0. The Balaban J connectivity index is 1.63. The summed E-state index contributed by atoms with van der Waals surface area (Å²) in [6, 6.07) is 6.23. The molecule has 4 nitrogen and oxygen atoms in total. The number of fused-ring (bicyclic) bond motifs is 1. The zero-order valence-corrected chi connectivity index (χ0v) is 13.4. The topological polar surface area (TPSA) is 43.8 Å². The van der Waals surface area contributed by atoms with E-state index in [9.17, 15) is 4.79 Å². The standard InChI is InChI=1S/C18H26N2O2/c1-2-3-9-19-10-7-16(8-11-19)20-12-6-14-13-15(18(21)22)4-5-17(14)20/h4-5,13,16H,2-3,6-12H2,1H3,(H,21,22). The van der Waals surface area contributed by atoms with Gasteiger partial charge in [0.1, 0.15) is 0 Å². The van der Waals surface area contributed by atoms with Gasteiger partial charge in [0.2, 0.25) is 0 Å². The first kappa shape index (κ1) is 15.3. The van der Waals surface area contributed by atoms with Gasteiger partial charge in [0.05, 0.1) is 5.56 Å². The van der Waals surface area contributed by atoms with Crippen LogP contribution in [-0.2, 0) is 6.42 Å². The predicted molar refractivity (Wildman–Crippen MR) is 88.8 cm³/mol. The Morgan fingerprint density at radius 3 is 2.73 bits per heavy atom. The van der Waals surface area contributed by atoms with Gasteiger partial charge in [-0.15, -0.1) is 0 Å². The monoisotopic (exact) mass is 302 g/mol. The molecule has 22 heavy (non-hydrogen) atoms. The van der Waals surface area contributed by atoms with E-state index in [-0.39, 0.29) is 0 Å². The fourth-order valence-electron chi connectivity index (χ4n) is 3.78. The molecular weight excluding hydrogens is 276 g/mol. The molecule has 1 aromatic carbocycles. The maximum atomic E-state index is 11.1. The largest absolute Gasteiger partial charge is 0.478 e. The molecule has 120 valence electrons. The number of nitrogens with zero attached hydrogens (tertiary/aromatic N) is 2. The van der Waals surface area contributed by atoms with E-state index >= 15 is 0 Å². The van der Waals surface area contributed by atoms with Gasteiger partial charge in [-0.05, 0) is 56.0 Å². The highest BCUT2D eigenvalue weighted by molar-refractivity contribution is 5.88. The second-order valence-electron chi connectivity index (χ2n) is 6.52. The minimum Gasteiger partial charge on any atom is -0.478 e. The normalized spacial score (nSPS) is 19.4. The molecule has 0 aliphatic carbocycles. The number of unbranched alkanes of at least 4 members (excludes halogenated alkanes) is 1. The molecule has 2 aliphatic heterocycles. The van der Waals surface area contributed by atoms with E-state index in [1.165, 1.54) is 56.6 Å². The van der Waals surface area contributed by atoms with Gasteiger partial charge in [-0.1, -0.05) is 13.3 Å². The van der Waals surface area contributed by atoms with E-state index in [0.717, 1.165) is 13.0 Å². The Hall–Kier alpha value is -1.55. The lowest BCUT2D eigenvalue weighted by atomic mass is 10.0. The number of piperidine rings is 1. The number of benzene rings is 1. The van der Waals surface area contributed by atoms with E-state index in [2.05, 4.69) is 16.7 Å². The van der Waals surface area contributed by atoms with Gasteiger partial charge in [0, 0.05) is 31.4 Å². The predicted octanol–water partition coefficient (Wildman–Crippen LogP) is 3.01. The van der Waals surface area contributed by atoms with Crippen LogP contribution in [0.1, 0.15) is 48.5 Å². The Kier molecular flexibility index (Phi) is 4.67. The maximum absolute atomic E-state index is 11.1. The minimum atomic E-state index is -0.828. The third-order valence-electron chi connectivity index (χ3n) is 5.08. The van der Waals surface area contributed by atoms with Crippen molar-refractivity contribution >= 4 is 11.7 Å². The lowest BCUT2D eigenvalue weighted by Gasteiger charge is -2.38. The fraction of sp³-hybridized carbons (Fsp3) is 0.611. The number of rotatable bonds is 5. The summed E-state index contributed by atoms with van der Waals surface area (Å²) >= 11 is 0. The Bertz CT molecular complexity index is 536. The summed E-state index contributed by atoms with van der Waals surface area (Å²) in [4.78, 5) is 16.2. The molecular formula is C18H26N2O2. The van der Waals surface area contributed by atoms with Crippen molar-refractivity contribution in [3.8, 4) is 0 Å². The van der Waals surface area contributed by atoms with Crippen molar-refractivity contribution in [2.75, 3.05) is 31.1 Å². The van der Waals surface area contributed by atoms with Gasteiger partial charge < -0.3 is 14.9 Å². The van der Waals surface area contributed by atoms with Crippen molar-refractivity contribution in [3.63, 3.8) is 0 Å². The first-order valence-corrected chi connectivity index (χ1v) is 8.54. The van der Waals surface area contributed by atoms with E-state index in [0.29, 0.717) is 11.6 Å². The van der Waals surface area contributed by atoms with Crippen LogP contribution in [0.4, 0.5) is 5.69 Å². The summed E-state index contributed by atoms with van der Waals surface area (Å²) in [6.07, 6.45) is 6.00. The van der Waals surface area contributed by atoms with Crippen LogP contribution in [0.25, 0.3) is 0 Å². The van der Waals surface area contributed by atoms with Gasteiger partial charge in [-0.25, -0.2) is 4.79 Å². The molecule has 2 heterocycles. The molecule has 2 aliphatic rings. The van der Waals surface area contributed by atoms with Gasteiger partial charge >= 0.3 is 5.97 Å². The summed E-state index contributed by atoms with van der Waals surface area (Å²) in [5, 5.41) is 9.11. The molecule has 0 unspecified atom stereocenters. The highest BCUT2D eigenvalue weighted by atomic mass is 16.4.